The molecule has 22 heavy (non-hydrogen) atoms. The number of rotatable bonds is 5. The number of methoxy groups -OCH3 is 1. The minimum Gasteiger partial charge on any atom is -0.481 e. The van der Waals surface area contributed by atoms with Crippen molar-refractivity contribution in [3.05, 3.63) is 35.7 Å². The summed E-state index contributed by atoms with van der Waals surface area (Å²) in [5, 5.41) is 10.1. The molecule has 2 aromatic rings. The molecule has 0 aliphatic heterocycles. The van der Waals surface area contributed by atoms with Crippen LogP contribution in [-0.4, -0.2) is 28.2 Å². The minimum absolute atomic E-state index is 0.0993. The van der Waals surface area contributed by atoms with E-state index in [2.05, 4.69) is 20.5 Å². The van der Waals surface area contributed by atoms with Crippen LogP contribution in [0.3, 0.4) is 0 Å². The van der Waals surface area contributed by atoms with E-state index in [-0.39, 0.29) is 12.3 Å². The summed E-state index contributed by atoms with van der Waals surface area (Å²) in [7, 11) is 1.56. The van der Waals surface area contributed by atoms with E-state index in [0.717, 1.165) is 11.3 Å². The molecule has 1 aliphatic carbocycles. The van der Waals surface area contributed by atoms with Crippen LogP contribution in [0.2, 0.25) is 0 Å². The predicted molar refractivity (Wildman–Crippen MR) is 82.9 cm³/mol. The molecule has 116 valence electrons. The van der Waals surface area contributed by atoms with Crippen molar-refractivity contribution in [1.82, 2.24) is 15.2 Å². The molecule has 0 saturated heterocycles. The number of aromatic amines is 1. The third-order valence-electron chi connectivity index (χ3n) is 4.03. The second-order valence-corrected chi connectivity index (χ2v) is 5.62. The summed E-state index contributed by atoms with van der Waals surface area (Å²) < 4.78 is 5.05. The number of amides is 1. The van der Waals surface area contributed by atoms with Gasteiger partial charge in [0, 0.05) is 29.9 Å². The van der Waals surface area contributed by atoms with Gasteiger partial charge in [-0.15, -0.1) is 0 Å². The Morgan fingerprint density at radius 2 is 2.23 bits per heavy atom. The van der Waals surface area contributed by atoms with Crippen molar-refractivity contribution in [3.8, 4) is 5.88 Å². The molecule has 1 amide bonds. The lowest BCUT2D eigenvalue weighted by atomic mass is 10.0. The standard InChI is InChI=1S/C16H20N4O2/c1-22-16-9-11(6-7-17-16)8-15(21)18-14-10-13(19-20-14)12-4-2-3-5-12/h6-7,9-10,12H,2-5,8H2,1H3,(H2,18,19,20,21). The molecule has 0 unspecified atom stereocenters. The smallest absolute Gasteiger partial charge is 0.229 e. The van der Waals surface area contributed by atoms with E-state index in [1.165, 1.54) is 25.7 Å². The zero-order chi connectivity index (χ0) is 15.4. The molecule has 3 rings (SSSR count). The fraction of sp³-hybridized carbons (Fsp3) is 0.438. The molecule has 1 fully saturated rings. The molecule has 0 radical (unpaired) electrons. The van der Waals surface area contributed by atoms with Gasteiger partial charge in [-0.3, -0.25) is 9.89 Å². The van der Waals surface area contributed by atoms with Gasteiger partial charge in [0.25, 0.3) is 0 Å². The van der Waals surface area contributed by atoms with Crippen LogP contribution in [0.1, 0.15) is 42.9 Å². The van der Waals surface area contributed by atoms with Gasteiger partial charge in [0.1, 0.15) is 0 Å². The summed E-state index contributed by atoms with van der Waals surface area (Å²) in [6.45, 7) is 0. The lowest BCUT2D eigenvalue weighted by Gasteiger charge is -2.04. The third-order valence-corrected chi connectivity index (χ3v) is 4.03. The molecule has 6 heteroatoms. The normalized spacial score (nSPS) is 15.0. The average molecular weight is 300 g/mol. The van der Waals surface area contributed by atoms with Crippen LogP contribution in [0.15, 0.2) is 24.4 Å². The van der Waals surface area contributed by atoms with Crippen molar-refractivity contribution < 1.29 is 9.53 Å². The van der Waals surface area contributed by atoms with Gasteiger partial charge in [-0.25, -0.2) is 4.98 Å². The van der Waals surface area contributed by atoms with Crippen molar-refractivity contribution in [1.29, 1.82) is 0 Å². The van der Waals surface area contributed by atoms with Crippen LogP contribution >= 0.6 is 0 Å². The van der Waals surface area contributed by atoms with E-state index < -0.39 is 0 Å². The quantitative estimate of drug-likeness (QED) is 0.889. The number of carbonyl (C=O) groups is 1. The van der Waals surface area contributed by atoms with E-state index in [1.54, 1.807) is 25.4 Å². The summed E-state index contributed by atoms with van der Waals surface area (Å²) >= 11 is 0. The maximum atomic E-state index is 12.1. The third kappa shape index (κ3) is 3.44. The summed E-state index contributed by atoms with van der Waals surface area (Å²) in [4.78, 5) is 16.1. The summed E-state index contributed by atoms with van der Waals surface area (Å²) in [6, 6.07) is 5.51. The Kier molecular flexibility index (Phi) is 4.37. The predicted octanol–water partition coefficient (Wildman–Crippen LogP) is 2.65. The maximum absolute atomic E-state index is 12.1. The summed E-state index contributed by atoms with van der Waals surface area (Å²) in [5.74, 6) is 1.56. The fourth-order valence-corrected chi connectivity index (χ4v) is 2.89. The number of nitrogens with one attached hydrogen (secondary N) is 2. The molecule has 6 nitrogen and oxygen atoms in total. The van der Waals surface area contributed by atoms with Crippen molar-refractivity contribution in [2.45, 2.75) is 38.0 Å². The largest absolute Gasteiger partial charge is 0.481 e. The Morgan fingerprint density at radius 1 is 1.41 bits per heavy atom. The van der Waals surface area contributed by atoms with E-state index >= 15 is 0 Å². The van der Waals surface area contributed by atoms with Crippen LogP contribution in [-0.2, 0) is 11.2 Å². The molecule has 0 bridgehead atoms. The molecule has 0 atom stereocenters. The molecule has 2 N–H and O–H groups in total. The highest BCUT2D eigenvalue weighted by Crippen LogP contribution is 2.33. The van der Waals surface area contributed by atoms with E-state index in [9.17, 15) is 4.79 Å². The van der Waals surface area contributed by atoms with Crippen molar-refractivity contribution in [3.63, 3.8) is 0 Å². The van der Waals surface area contributed by atoms with Gasteiger partial charge in [0.05, 0.1) is 13.5 Å². The highest BCUT2D eigenvalue weighted by atomic mass is 16.5. The van der Waals surface area contributed by atoms with E-state index in [4.69, 9.17) is 4.74 Å². The Bertz CT molecular complexity index is 647. The monoisotopic (exact) mass is 300 g/mol. The summed E-state index contributed by atoms with van der Waals surface area (Å²) in [6.07, 6.45) is 6.85. The number of pyridine rings is 1. The number of ether oxygens (including phenoxy) is 1. The van der Waals surface area contributed by atoms with E-state index in [1.807, 2.05) is 6.07 Å². The van der Waals surface area contributed by atoms with Gasteiger partial charge < -0.3 is 10.1 Å². The minimum atomic E-state index is -0.0993. The molecule has 0 spiro atoms. The maximum Gasteiger partial charge on any atom is 0.229 e. The van der Waals surface area contributed by atoms with Crippen LogP contribution in [0.4, 0.5) is 5.82 Å². The second kappa shape index (κ2) is 6.60. The van der Waals surface area contributed by atoms with Gasteiger partial charge in [-0.05, 0) is 24.5 Å². The molecule has 2 aromatic heterocycles. The lowest BCUT2D eigenvalue weighted by molar-refractivity contribution is -0.115. The van der Waals surface area contributed by atoms with Crippen LogP contribution < -0.4 is 10.1 Å². The molecule has 0 aromatic carbocycles. The first kappa shape index (κ1) is 14.6. The Balaban J connectivity index is 1.59. The molecule has 1 aliphatic rings. The number of hydrogen-bond acceptors (Lipinski definition) is 4. The first-order valence-corrected chi connectivity index (χ1v) is 7.58. The fourth-order valence-electron chi connectivity index (χ4n) is 2.89. The van der Waals surface area contributed by atoms with Gasteiger partial charge >= 0.3 is 0 Å². The average Bonchev–Trinajstić information content (AvgIpc) is 3.18. The Labute approximate surface area is 129 Å². The Hall–Kier alpha value is -2.37. The highest BCUT2D eigenvalue weighted by Gasteiger charge is 2.19. The number of anilines is 1. The van der Waals surface area contributed by atoms with Crippen molar-refractivity contribution in [2.75, 3.05) is 12.4 Å². The topological polar surface area (TPSA) is 79.9 Å². The highest BCUT2D eigenvalue weighted by molar-refractivity contribution is 5.91. The van der Waals surface area contributed by atoms with E-state index in [0.29, 0.717) is 17.6 Å². The lowest BCUT2D eigenvalue weighted by Crippen LogP contribution is -2.14. The number of hydrogen-bond donors (Lipinski definition) is 2. The van der Waals surface area contributed by atoms with Crippen molar-refractivity contribution in [2.24, 2.45) is 0 Å². The zero-order valence-corrected chi connectivity index (χ0v) is 12.6. The second-order valence-electron chi connectivity index (χ2n) is 5.62. The van der Waals surface area contributed by atoms with Gasteiger partial charge in [0.15, 0.2) is 5.82 Å². The molecular weight excluding hydrogens is 280 g/mol. The first-order chi connectivity index (χ1) is 10.7. The number of carbonyl (C=O) groups excluding carboxylic acids is 1. The van der Waals surface area contributed by atoms with Crippen LogP contribution in [0.25, 0.3) is 0 Å². The molecule has 2 heterocycles. The zero-order valence-electron chi connectivity index (χ0n) is 12.6. The Morgan fingerprint density at radius 3 is 3.00 bits per heavy atom. The van der Waals surface area contributed by atoms with Gasteiger partial charge in [0.2, 0.25) is 11.8 Å². The number of aromatic nitrogens is 3. The van der Waals surface area contributed by atoms with Crippen LogP contribution in [0.5, 0.6) is 5.88 Å². The SMILES string of the molecule is COc1cc(CC(=O)Nc2cc(C3CCCC3)[nH]n2)ccn1. The van der Waals surface area contributed by atoms with Crippen molar-refractivity contribution >= 4 is 11.7 Å². The first-order valence-electron chi connectivity index (χ1n) is 7.58. The molecule has 1 saturated carbocycles. The summed E-state index contributed by atoms with van der Waals surface area (Å²) in [5.41, 5.74) is 1.98. The van der Waals surface area contributed by atoms with Gasteiger partial charge in [-0.1, -0.05) is 12.8 Å². The number of H-pyrrole nitrogens is 1. The molecular formula is C16H20N4O2. The van der Waals surface area contributed by atoms with Gasteiger partial charge in [-0.2, -0.15) is 5.10 Å². The van der Waals surface area contributed by atoms with Crippen LogP contribution in [0, 0.1) is 0 Å². The number of nitrogens with zero attached hydrogens (tertiary/aromatic N) is 2.